The van der Waals surface area contributed by atoms with E-state index in [1.165, 1.54) is 24.0 Å². The molecule has 3 aliphatic carbocycles. The number of hydrogen-bond donors (Lipinski definition) is 1. The minimum atomic E-state index is -0.404. The number of piperidine rings is 1. The highest BCUT2D eigenvalue weighted by Crippen LogP contribution is 2.61. The van der Waals surface area contributed by atoms with Gasteiger partial charge in [0.25, 0.3) is 0 Å². The molecule has 4 aliphatic rings. The van der Waals surface area contributed by atoms with E-state index < -0.39 is 11.0 Å². The lowest BCUT2D eigenvalue weighted by molar-refractivity contribution is -0.201. The maximum atomic E-state index is 12.9. The zero-order valence-corrected chi connectivity index (χ0v) is 19.5. The van der Waals surface area contributed by atoms with Crippen molar-refractivity contribution in [1.29, 1.82) is 0 Å². The number of likely N-dealkylation sites (tertiary alicyclic amines) is 1. The number of benzene rings is 2. The molecule has 0 spiro atoms. The van der Waals surface area contributed by atoms with Crippen LogP contribution in [0.25, 0.3) is 0 Å². The Kier molecular flexibility index (Phi) is 5.34. The average molecular weight is 446 g/mol. The average Bonchev–Trinajstić information content (AvgIpc) is 3.63. The molecule has 1 aliphatic heterocycles. The molecule has 2 bridgehead atoms. The number of phenols is 1. The van der Waals surface area contributed by atoms with Crippen LogP contribution < -0.4 is 0 Å². The third-order valence-corrected chi connectivity index (χ3v) is 8.91. The quantitative estimate of drug-likeness (QED) is 0.622. The first kappa shape index (κ1) is 21.4. The van der Waals surface area contributed by atoms with Crippen LogP contribution in [-0.4, -0.2) is 47.1 Å². The fourth-order valence-electron chi connectivity index (χ4n) is 7.28. The first-order chi connectivity index (χ1) is 16.1. The maximum absolute atomic E-state index is 12.9. The number of carbonyl (C=O) groups is 1. The number of ether oxygens (including phenoxy) is 1. The molecule has 1 N–H and O–H groups in total. The highest BCUT2D eigenvalue weighted by Gasteiger charge is 2.67. The second-order valence-corrected chi connectivity index (χ2v) is 10.8. The molecular weight excluding hydrogens is 410 g/mol. The topological polar surface area (TPSA) is 49.8 Å². The molecule has 4 heteroatoms. The second-order valence-electron chi connectivity index (χ2n) is 10.8. The van der Waals surface area contributed by atoms with E-state index in [1.54, 1.807) is 0 Å². The summed E-state index contributed by atoms with van der Waals surface area (Å²) in [6, 6.07) is 16.8. The summed E-state index contributed by atoms with van der Waals surface area (Å²) in [4.78, 5) is 15.6. The lowest BCUT2D eigenvalue weighted by Crippen LogP contribution is -2.74. The highest BCUT2D eigenvalue weighted by atomic mass is 16.5. The molecule has 1 heterocycles. The Hall–Kier alpha value is -2.17. The van der Waals surface area contributed by atoms with E-state index in [4.69, 9.17) is 4.74 Å². The first-order valence-electron chi connectivity index (χ1n) is 12.9. The fraction of sp³-hybridized carbons (Fsp3) is 0.552. The smallest absolute Gasteiger partial charge is 0.134 e. The molecule has 3 fully saturated rings. The molecule has 2 saturated carbocycles. The van der Waals surface area contributed by atoms with Gasteiger partial charge in [-0.3, -0.25) is 9.69 Å². The third kappa shape index (κ3) is 3.54. The van der Waals surface area contributed by atoms with Crippen LogP contribution in [0.5, 0.6) is 5.75 Å². The summed E-state index contributed by atoms with van der Waals surface area (Å²) in [6.07, 6.45) is 8.33. The summed E-state index contributed by atoms with van der Waals surface area (Å²) in [7, 11) is 0. The van der Waals surface area contributed by atoms with Crippen molar-refractivity contribution in [2.45, 2.75) is 74.8 Å². The van der Waals surface area contributed by atoms with E-state index in [2.05, 4.69) is 41.3 Å². The van der Waals surface area contributed by atoms with Crippen molar-refractivity contribution >= 4 is 5.78 Å². The lowest BCUT2D eigenvalue weighted by atomic mass is 9.49. The lowest BCUT2D eigenvalue weighted by Gasteiger charge is -2.65. The molecule has 4 nitrogen and oxygen atoms in total. The molecule has 1 saturated heterocycles. The van der Waals surface area contributed by atoms with E-state index in [-0.39, 0.29) is 6.04 Å². The van der Waals surface area contributed by atoms with E-state index in [0.29, 0.717) is 31.0 Å². The highest BCUT2D eigenvalue weighted by molar-refractivity contribution is 5.83. The van der Waals surface area contributed by atoms with Gasteiger partial charge >= 0.3 is 0 Å². The van der Waals surface area contributed by atoms with Crippen LogP contribution in [0.1, 0.15) is 61.6 Å². The summed E-state index contributed by atoms with van der Waals surface area (Å²) in [5.41, 5.74) is 2.78. The second kappa shape index (κ2) is 8.25. The Morgan fingerprint density at radius 3 is 2.73 bits per heavy atom. The van der Waals surface area contributed by atoms with E-state index >= 15 is 0 Å². The number of hydrogen-bond acceptors (Lipinski definition) is 4. The van der Waals surface area contributed by atoms with Gasteiger partial charge in [0.2, 0.25) is 0 Å². The normalized spacial score (nSPS) is 31.2. The van der Waals surface area contributed by atoms with Crippen molar-refractivity contribution in [3.05, 3.63) is 65.2 Å². The number of nitrogens with zero attached hydrogens (tertiary/aromatic N) is 1. The molecular formula is C29H35NO3. The van der Waals surface area contributed by atoms with Gasteiger partial charge in [0.1, 0.15) is 11.5 Å². The van der Waals surface area contributed by atoms with Gasteiger partial charge in [-0.05, 0) is 74.6 Å². The molecule has 0 aromatic heterocycles. The van der Waals surface area contributed by atoms with Gasteiger partial charge < -0.3 is 9.84 Å². The number of aromatic hydroxyl groups is 1. The zero-order valence-electron chi connectivity index (χ0n) is 19.5. The predicted molar refractivity (Wildman–Crippen MR) is 128 cm³/mol. The fourth-order valence-corrected chi connectivity index (χ4v) is 7.28. The van der Waals surface area contributed by atoms with Gasteiger partial charge in [-0.15, -0.1) is 0 Å². The maximum Gasteiger partial charge on any atom is 0.134 e. The van der Waals surface area contributed by atoms with Gasteiger partial charge in [0.05, 0.1) is 5.60 Å². The van der Waals surface area contributed by atoms with Crippen LogP contribution in [0.15, 0.2) is 48.5 Å². The monoisotopic (exact) mass is 445 g/mol. The van der Waals surface area contributed by atoms with Crippen molar-refractivity contribution < 1.29 is 14.6 Å². The standard InChI is InChI=1S/C29H35NO3/c31-24-13-14-29(33-17-5-8-21-6-2-1-3-7-21)26-18-23-9-4-10-25(32)27(23)28(29,19-24)15-16-30(26)20-22-11-12-22/h1-4,6-7,9-10,22,26,32H,5,8,11-20H2/t26?,28-,29-/m1/s1. The Balaban J connectivity index is 1.36. The zero-order chi connectivity index (χ0) is 22.5. The molecule has 2 aromatic rings. The van der Waals surface area contributed by atoms with Crippen LogP contribution in [0.3, 0.4) is 0 Å². The summed E-state index contributed by atoms with van der Waals surface area (Å²) in [5, 5.41) is 11.1. The molecule has 2 aromatic carbocycles. The number of carbonyl (C=O) groups excluding carboxylic acids is 1. The minimum Gasteiger partial charge on any atom is -0.508 e. The van der Waals surface area contributed by atoms with E-state index in [1.807, 2.05) is 12.1 Å². The van der Waals surface area contributed by atoms with Gasteiger partial charge in [-0.25, -0.2) is 0 Å². The summed E-state index contributed by atoms with van der Waals surface area (Å²) >= 11 is 0. The molecule has 174 valence electrons. The number of phenolic OH excluding ortho intramolecular Hbond substituents is 1. The molecule has 3 atom stereocenters. The molecule has 6 rings (SSSR count). The molecule has 33 heavy (non-hydrogen) atoms. The van der Waals surface area contributed by atoms with Crippen molar-refractivity contribution in [3.63, 3.8) is 0 Å². The number of ketones is 1. The summed E-state index contributed by atoms with van der Waals surface area (Å²) in [6.45, 7) is 2.84. The van der Waals surface area contributed by atoms with Crippen molar-refractivity contribution in [2.24, 2.45) is 5.92 Å². The molecule has 1 unspecified atom stereocenters. The van der Waals surface area contributed by atoms with Crippen molar-refractivity contribution in [1.82, 2.24) is 4.90 Å². The van der Waals surface area contributed by atoms with E-state index in [9.17, 15) is 9.90 Å². The first-order valence-corrected chi connectivity index (χ1v) is 12.9. The predicted octanol–water partition coefficient (Wildman–Crippen LogP) is 4.81. The number of rotatable bonds is 7. The van der Waals surface area contributed by atoms with Crippen LogP contribution in [-0.2, 0) is 27.8 Å². The van der Waals surface area contributed by atoms with Crippen molar-refractivity contribution in [3.8, 4) is 5.75 Å². The third-order valence-electron chi connectivity index (χ3n) is 8.91. The van der Waals surface area contributed by atoms with Crippen LogP contribution in [0, 0.1) is 5.92 Å². The van der Waals surface area contributed by atoms with Crippen LogP contribution >= 0.6 is 0 Å². The van der Waals surface area contributed by atoms with Gasteiger partial charge in [0.15, 0.2) is 0 Å². The Morgan fingerprint density at radius 2 is 1.91 bits per heavy atom. The summed E-state index contributed by atoms with van der Waals surface area (Å²) < 4.78 is 7.04. The van der Waals surface area contributed by atoms with Crippen LogP contribution in [0.4, 0.5) is 0 Å². The Morgan fingerprint density at radius 1 is 1.06 bits per heavy atom. The Bertz CT molecular complexity index is 1030. The van der Waals surface area contributed by atoms with Gasteiger partial charge in [-0.2, -0.15) is 0 Å². The summed E-state index contributed by atoms with van der Waals surface area (Å²) in [5.74, 6) is 1.50. The van der Waals surface area contributed by atoms with Gasteiger partial charge in [0, 0.05) is 43.0 Å². The number of Topliss-reactive ketones (excluding diaryl/α,β-unsaturated/α-hetero) is 1. The van der Waals surface area contributed by atoms with Gasteiger partial charge in [-0.1, -0.05) is 42.5 Å². The number of aryl methyl sites for hydroxylation is 1. The molecule has 0 radical (unpaired) electrons. The SMILES string of the molecule is O=C1CC[C@@]2(OCCCc3ccccc3)C3Cc4cccc(O)c4[C@@]2(CCN3CC2CC2)C1. The number of fused-ring (bicyclic) bond motifs is 1. The van der Waals surface area contributed by atoms with E-state index in [0.717, 1.165) is 56.7 Å². The Labute approximate surface area is 196 Å². The minimum absolute atomic E-state index is 0.283. The largest absolute Gasteiger partial charge is 0.508 e. The van der Waals surface area contributed by atoms with Crippen molar-refractivity contribution in [2.75, 3.05) is 19.7 Å². The van der Waals surface area contributed by atoms with Crippen LogP contribution in [0.2, 0.25) is 0 Å². The molecule has 0 amide bonds.